The molecule has 11 heteroatoms. The van der Waals surface area contributed by atoms with E-state index in [1.54, 1.807) is 6.07 Å². The Hall–Kier alpha value is -3.73. The van der Waals surface area contributed by atoms with Gasteiger partial charge in [-0.15, -0.1) is 0 Å². The van der Waals surface area contributed by atoms with Crippen molar-refractivity contribution in [2.75, 3.05) is 19.7 Å². The van der Waals surface area contributed by atoms with Gasteiger partial charge in [0.05, 0.1) is 6.42 Å². The zero-order valence-electron chi connectivity index (χ0n) is 29.6. The zero-order valence-corrected chi connectivity index (χ0v) is 29.6. The Balaban J connectivity index is 0.951. The molecule has 3 fully saturated rings. The Bertz CT molecular complexity index is 1510. The zero-order chi connectivity index (χ0) is 36.1. The number of aliphatic hydroxyl groups is 1. The number of carbonyl (C=O) groups is 5. The van der Waals surface area contributed by atoms with E-state index in [0.29, 0.717) is 69.9 Å². The molecule has 0 unspecified atom stereocenters. The van der Waals surface area contributed by atoms with Crippen molar-refractivity contribution in [3.05, 3.63) is 35.4 Å². The van der Waals surface area contributed by atoms with Gasteiger partial charge in [0, 0.05) is 37.8 Å². The number of unbranched alkanes of at least 4 members (excludes halogenated alkanes) is 2. The molecule has 5 N–H and O–H groups in total. The van der Waals surface area contributed by atoms with Crippen molar-refractivity contribution < 1.29 is 44.0 Å². The van der Waals surface area contributed by atoms with Gasteiger partial charge in [-0.3, -0.25) is 24.0 Å². The number of allylic oxidation sites excluding steroid dienone is 1. The molecule has 0 spiro atoms. The molecular formula is C39H54N2O9. The number of Topliss-reactive ketones (excluding diaryl/α,β-unsaturated/α-hetero) is 1. The largest absolute Gasteiger partial charge is 0.504 e. The quantitative estimate of drug-likeness (QED) is 0.0998. The van der Waals surface area contributed by atoms with E-state index in [1.807, 2.05) is 13.0 Å². The van der Waals surface area contributed by atoms with Crippen LogP contribution in [0.5, 0.6) is 11.5 Å². The molecule has 2 amide bonds. The Kier molecular flexibility index (Phi) is 11.8. The molecule has 0 aromatic heterocycles. The van der Waals surface area contributed by atoms with Crippen molar-refractivity contribution in [1.82, 2.24) is 10.6 Å². The highest BCUT2D eigenvalue weighted by molar-refractivity contribution is 5.92. The monoisotopic (exact) mass is 694 g/mol. The molecule has 1 aromatic carbocycles. The number of hydrogen-bond acceptors (Lipinski definition) is 9. The maximum absolute atomic E-state index is 13.5. The molecule has 0 saturated heterocycles. The van der Waals surface area contributed by atoms with Crippen molar-refractivity contribution in [2.45, 2.75) is 116 Å². The van der Waals surface area contributed by atoms with Crippen LogP contribution in [0.25, 0.3) is 0 Å². The molecule has 0 aliphatic heterocycles. The van der Waals surface area contributed by atoms with Gasteiger partial charge >= 0.3 is 5.97 Å². The maximum atomic E-state index is 13.5. The number of aromatic hydroxyl groups is 2. The van der Waals surface area contributed by atoms with E-state index in [9.17, 15) is 39.3 Å². The Morgan fingerprint density at radius 2 is 1.58 bits per heavy atom. The number of phenols is 2. The standard InChI is InChI=1S/C39H54N2O9/c1-37-17-13-27(42)23-26(37)8-9-28-29(37)14-18-38(2)30(28)15-19-39(38,49)33(45)24-50-36(48)12-11-35(47)40-20-5-3-4-6-34(46)41-21-16-25-7-10-31(43)32(44)22-25/h7,10,22-23,28-30,43-44,49H,3-6,8-9,11-21,24H2,1-2H3,(H,40,47)(H,41,46)/t28-,29-,30-,37+,38+,39+/m1/s1. The summed E-state index contributed by atoms with van der Waals surface area (Å²) in [4.78, 5) is 62.4. The topological polar surface area (TPSA) is 179 Å². The van der Waals surface area contributed by atoms with E-state index in [4.69, 9.17) is 4.74 Å². The van der Waals surface area contributed by atoms with Crippen LogP contribution in [0, 0.1) is 28.6 Å². The van der Waals surface area contributed by atoms with Gasteiger partial charge < -0.3 is 30.7 Å². The summed E-state index contributed by atoms with van der Waals surface area (Å²) in [6, 6.07) is 4.56. The van der Waals surface area contributed by atoms with Gasteiger partial charge in [0.2, 0.25) is 17.6 Å². The van der Waals surface area contributed by atoms with Crippen LogP contribution in [-0.2, 0) is 35.1 Å². The van der Waals surface area contributed by atoms with Crippen LogP contribution in [0.4, 0.5) is 0 Å². The Morgan fingerprint density at radius 1 is 0.840 bits per heavy atom. The minimum atomic E-state index is -1.56. The van der Waals surface area contributed by atoms with E-state index >= 15 is 0 Å². The third kappa shape index (κ3) is 7.92. The molecule has 1 aromatic rings. The fourth-order valence-corrected chi connectivity index (χ4v) is 9.65. The molecule has 4 aliphatic rings. The van der Waals surface area contributed by atoms with Gasteiger partial charge in [0.25, 0.3) is 0 Å². The second-order valence-electron chi connectivity index (χ2n) is 15.5. The molecule has 0 radical (unpaired) electrons. The molecule has 6 atom stereocenters. The van der Waals surface area contributed by atoms with Crippen molar-refractivity contribution in [2.24, 2.45) is 28.6 Å². The number of esters is 1. The highest BCUT2D eigenvalue weighted by atomic mass is 16.5. The smallest absolute Gasteiger partial charge is 0.306 e. The molecule has 50 heavy (non-hydrogen) atoms. The van der Waals surface area contributed by atoms with E-state index in [0.717, 1.165) is 44.1 Å². The summed E-state index contributed by atoms with van der Waals surface area (Å²) in [6.07, 6.45) is 10.7. The highest BCUT2D eigenvalue weighted by Crippen LogP contribution is 2.67. The van der Waals surface area contributed by atoms with Gasteiger partial charge in [-0.2, -0.15) is 0 Å². The van der Waals surface area contributed by atoms with Crippen LogP contribution in [0.1, 0.15) is 109 Å². The van der Waals surface area contributed by atoms with E-state index in [-0.39, 0.29) is 53.3 Å². The van der Waals surface area contributed by atoms with E-state index in [2.05, 4.69) is 17.6 Å². The Morgan fingerprint density at radius 3 is 2.36 bits per heavy atom. The summed E-state index contributed by atoms with van der Waals surface area (Å²) in [5.41, 5.74) is -0.0574. The van der Waals surface area contributed by atoms with Crippen molar-refractivity contribution >= 4 is 29.4 Å². The van der Waals surface area contributed by atoms with Crippen molar-refractivity contribution in [3.63, 3.8) is 0 Å². The van der Waals surface area contributed by atoms with Gasteiger partial charge in [-0.1, -0.05) is 31.9 Å². The van der Waals surface area contributed by atoms with E-state index < -0.39 is 29.4 Å². The van der Waals surface area contributed by atoms with Crippen LogP contribution >= 0.6 is 0 Å². The maximum Gasteiger partial charge on any atom is 0.306 e. The number of benzene rings is 1. The molecule has 5 rings (SSSR count). The SMILES string of the molecule is C[C@]12CCC(=O)C=C1CC[C@@H]1[C@H]2CC[C@@]2(C)[C@@H]1CC[C@]2(O)C(=O)COC(=O)CCC(=O)NCCCCCC(=O)NCCc1ccc(O)c(O)c1. The summed E-state index contributed by atoms with van der Waals surface area (Å²) < 4.78 is 5.28. The first-order valence-corrected chi connectivity index (χ1v) is 18.5. The molecule has 4 aliphatic carbocycles. The second-order valence-corrected chi connectivity index (χ2v) is 15.5. The highest BCUT2D eigenvalue weighted by Gasteiger charge is 2.66. The van der Waals surface area contributed by atoms with Crippen molar-refractivity contribution in [1.29, 1.82) is 0 Å². The summed E-state index contributed by atoms with van der Waals surface area (Å²) in [5, 5.41) is 36.4. The molecule has 0 bridgehead atoms. The van der Waals surface area contributed by atoms with Gasteiger partial charge in [-0.25, -0.2) is 0 Å². The predicted molar refractivity (Wildman–Crippen MR) is 185 cm³/mol. The third-order valence-electron chi connectivity index (χ3n) is 12.7. The van der Waals surface area contributed by atoms with Crippen LogP contribution in [-0.4, -0.2) is 70.0 Å². The van der Waals surface area contributed by atoms with Crippen LogP contribution in [0.15, 0.2) is 29.8 Å². The number of amides is 2. The first-order valence-electron chi connectivity index (χ1n) is 18.5. The Labute approximate surface area is 294 Å². The number of ether oxygens (including phenoxy) is 1. The lowest BCUT2D eigenvalue weighted by Gasteiger charge is -2.58. The lowest BCUT2D eigenvalue weighted by atomic mass is 9.46. The number of nitrogens with one attached hydrogen (secondary N) is 2. The number of phenolic OH excluding ortho intramolecular Hbond substituents is 2. The third-order valence-corrected chi connectivity index (χ3v) is 12.7. The van der Waals surface area contributed by atoms with Crippen LogP contribution in [0.3, 0.4) is 0 Å². The lowest BCUT2D eigenvalue weighted by Crippen LogP contribution is -2.58. The fourth-order valence-electron chi connectivity index (χ4n) is 9.65. The number of fused-ring (bicyclic) bond motifs is 5. The van der Waals surface area contributed by atoms with Gasteiger partial charge in [0.1, 0.15) is 5.60 Å². The first-order chi connectivity index (χ1) is 23.8. The second kappa shape index (κ2) is 15.7. The van der Waals surface area contributed by atoms with E-state index in [1.165, 1.54) is 17.7 Å². The average molecular weight is 695 g/mol. The molecule has 11 nitrogen and oxygen atoms in total. The average Bonchev–Trinajstić information content (AvgIpc) is 3.37. The fraction of sp³-hybridized carbons (Fsp3) is 0.667. The number of carbonyl (C=O) groups excluding carboxylic acids is 5. The molecule has 274 valence electrons. The normalized spacial score (nSPS) is 29.9. The van der Waals surface area contributed by atoms with Crippen LogP contribution in [0.2, 0.25) is 0 Å². The number of hydrogen-bond donors (Lipinski definition) is 5. The van der Waals surface area contributed by atoms with Crippen LogP contribution < -0.4 is 10.6 Å². The minimum absolute atomic E-state index is 0.00784. The minimum Gasteiger partial charge on any atom is -0.504 e. The van der Waals surface area contributed by atoms with Gasteiger partial charge in [-0.05, 0) is 111 Å². The lowest BCUT2D eigenvalue weighted by molar-refractivity contribution is -0.170. The summed E-state index contributed by atoms with van der Waals surface area (Å²) in [6.45, 7) is 4.67. The predicted octanol–water partition coefficient (Wildman–Crippen LogP) is 4.59. The molecular weight excluding hydrogens is 640 g/mol. The molecule has 3 saturated carbocycles. The summed E-state index contributed by atoms with van der Waals surface area (Å²) in [5.74, 6) is -0.619. The van der Waals surface area contributed by atoms with Gasteiger partial charge in [0.15, 0.2) is 23.9 Å². The summed E-state index contributed by atoms with van der Waals surface area (Å²) in [7, 11) is 0. The summed E-state index contributed by atoms with van der Waals surface area (Å²) >= 11 is 0. The number of ketones is 2. The molecule has 0 heterocycles. The van der Waals surface area contributed by atoms with Crippen molar-refractivity contribution in [3.8, 4) is 11.5 Å². The number of rotatable bonds is 15. The first kappa shape index (κ1) is 37.5.